The molecule has 6 heteroatoms. The lowest BCUT2D eigenvalue weighted by atomic mass is 9.86. The number of nitrogens with two attached hydrogens (primary N) is 1. The minimum absolute atomic E-state index is 0.0610. The van der Waals surface area contributed by atoms with E-state index >= 15 is 0 Å². The highest BCUT2D eigenvalue weighted by atomic mass is 16.5. The Morgan fingerprint density at radius 2 is 2.00 bits per heavy atom. The Labute approximate surface area is 118 Å². The molecule has 4 N–H and O–H groups in total. The van der Waals surface area contributed by atoms with Crippen LogP contribution in [0.15, 0.2) is 35.5 Å². The number of amidine groups is 1. The van der Waals surface area contributed by atoms with Gasteiger partial charge in [0, 0.05) is 0 Å². The Morgan fingerprint density at radius 1 is 1.40 bits per heavy atom. The van der Waals surface area contributed by atoms with Crippen molar-refractivity contribution in [2.75, 3.05) is 0 Å². The van der Waals surface area contributed by atoms with E-state index in [4.69, 9.17) is 15.7 Å². The number of hydrogen-bond acceptors (Lipinski definition) is 4. The molecule has 20 heavy (non-hydrogen) atoms. The van der Waals surface area contributed by atoms with Gasteiger partial charge < -0.3 is 21.0 Å². The third kappa shape index (κ3) is 4.79. The van der Waals surface area contributed by atoms with Crippen LogP contribution in [0.2, 0.25) is 0 Å². The fraction of sp³-hybridized carbons (Fsp3) is 0.429. The summed E-state index contributed by atoms with van der Waals surface area (Å²) in [6.07, 6.45) is -0.611. The molecule has 0 spiro atoms. The van der Waals surface area contributed by atoms with Gasteiger partial charge in [0.05, 0.1) is 6.04 Å². The highest BCUT2D eigenvalue weighted by molar-refractivity contribution is 5.89. The van der Waals surface area contributed by atoms with Gasteiger partial charge in [-0.1, -0.05) is 56.3 Å². The van der Waals surface area contributed by atoms with E-state index in [-0.39, 0.29) is 12.4 Å². The van der Waals surface area contributed by atoms with Crippen molar-refractivity contribution in [3.63, 3.8) is 0 Å². The van der Waals surface area contributed by atoms with E-state index < -0.39 is 17.6 Å². The van der Waals surface area contributed by atoms with Crippen molar-refractivity contribution in [2.45, 2.75) is 33.4 Å². The number of rotatable bonds is 4. The van der Waals surface area contributed by atoms with E-state index in [1.54, 1.807) is 0 Å². The normalized spacial score (nSPS) is 13.7. The number of hydrogen-bond donors (Lipinski definition) is 3. The van der Waals surface area contributed by atoms with Crippen molar-refractivity contribution in [1.82, 2.24) is 5.32 Å². The Hall–Kier alpha value is -2.24. The van der Waals surface area contributed by atoms with Crippen LogP contribution >= 0.6 is 0 Å². The van der Waals surface area contributed by atoms with Crippen molar-refractivity contribution < 1.29 is 14.7 Å². The smallest absolute Gasteiger partial charge is 0.408 e. The maximum Gasteiger partial charge on any atom is 0.408 e. The van der Waals surface area contributed by atoms with Crippen LogP contribution in [0, 0.1) is 5.41 Å². The number of ether oxygens (including phenoxy) is 1. The van der Waals surface area contributed by atoms with Crippen molar-refractivity contribution in [1.29, 1.82) is 0 Å². The number of carbonyl (C=O) groups is 1. The first-order valence-corrected chi connectivity index (χ1v) is 6.29. The van der Waals surface area contributed by atoms with Crippen LogP contribution in [0.1, 0.15) is 26.3 Å². The van der Waals surface area contributed by atoms with Gasteiger partial charge in [0.15, 0.2) is 5.84 Å². The first-order valence-electron chi connectivity index (χ1n) is 6.29. The predicted octanol–water partition coefficient (Wildman–Crippen LogP) is 2.07. The van der Waals surface area contributed by atoms with E-state index in [0.717, 1.165) is 5.56 Å². The van der Waals surface area contributed by atoms with Crippen LogP contribution in [0.5, 0.6) is 0 Å². The Balaban J connectivity index is 2.59. The van der Waals surface area contributed by atoms with Gasteiger partial charge in [0.25, 0.3) is 0 Å². The van der Waals surface area contributed by atoms with E-state index in [1.807, 2.05) is 51.1 Å². The third-order valence-corrected chi connectivity index (χ3v) is 2.75. The van der Waals surface area contributed by atoms with Crippen LogP contribution in [-0.4, -0.2) is 23.2 Å². The molecular formula is C14H21N3O3. The largest absolute Gasteiger partial charge is 0.445 e. The van der Waals surface area contributed by atoms with E-state index in [2.05, 4.69) is 10.5 Å². The van der Waals surface area contributed by atoms with Crippen LogP contribution in [0.4, 0.5) is 4.79 Å². The molecule has 6 nitrogen and oxygen atoms in total. The second-order valence-electron chi connectivity index (χ2n) is 5.53. The summed E-state index contributed by atoms with van der Waals surface area (Å²) in [5.41, 5.74) is 6.08. The summed E-state index contributed by atoms with van der Waals surface area (Å²) in [5, 5.41) is 14.3. The first-order chi connectivity index (χ1) is 9.34. The van der Waals surface area contributed by atoms with Gasteiger partial charge in [-0.15, -0.1) is 0 Å². The van der Waals surface area contributed by atoms with Crippen molar-refractivity contribution in [3.8, 4) is 0 Å². The molecule has 0 unspecified atom stereocenters. The van der Waals surface area contributed by atoms with Crippen LogP contribution < -0.4 is 11.1 Å². The van der Waals surface area contributed by atoms with Gasteiger partial charge in [-0.3, -0.25) is 0 Å². The van der Waals surface area contributed by atoms with Gasteiger partial charge >= 0.3 is 6.09 Å². The quantitative estimate of drug-likeness (QED) is 0.340. The molecular weight excluding hydrogens is 258 g/mol. The molecule has 110 valence electrons. The topological polar surface area (TPSA) is 96.9 Å². The lowest BCUT2D eigenvalue weighted by Crippen LogP contribution is -2.52. The number of alkyl carbamates (subject to hydrolysis) is 1. The van der Waals surface area contributed by atoms with Gasteiger partial charge in [0.1, 0.15) is 6.61 Å². The monoisotopic (exact) mass is 279 g/mol. The summed E-state index contributed by atoms with van der Waals surface area (Å²) >= 11 is 0. The predicted molar refractivity (Wildman–Crippen MR) is 76.4 cm³/mol. The maximum absolute atomic E-state index is 11.8. The minimum Gasteiger partial charge on any atom is -0.445 e. The fourth-order valence-electron chi connectivity index (χ4n) is 1.67. The zero-order valence-electron chi connectivity index (χ0n) is 12.0. The molecule has 1 atom stereocenters. The van der Waals surface area contributed by atoms with Gasteiger partial charge in [-0.05, 0) is 11.0 Å². The van der Waals surface area contributed by atoms with Gasteiger partial charge in [-0.25, -0.2) is 4.79 Å². The van der Waals surface area contributed by atoms with Crippen LogP contribution in [-0.2, 0) is 11.3 Å². The van der Waals surface area contributed by atoms with Gasteiger partial charge in [0.2, 0.25) is 0 Å². The molecule has 1 rings (SSSR count). The van der Waals surface area contributed by atoms with Crippen molar-refractivity contribution >= 4 is 11.9 Å². The first kappa shape index (κ1) is 15.8. The van der Waals surface area contributed by atoms with E-state index in [9.17, 15) is 4.79 Å². The second-order valence-corrected chi connectivity index (χ2v) is 5.53. The zero-order valence-corrected chi connectivity index (χ0v) is 12.0. The number of nitrogens with zero attached hydrogens (tertiary/aromatic N) is 1. The fourth-order valence-corrected chi connectivity index (χ4v) is 1.67. The molecule has 1 aromatic rings. The third-order valence-electron chi connectivity index (χ3n) is 2.75. The molecule has 0 aliphatic heterocycles. The molecule has 0 heterocycles. The summed E-state index contributed by atoms with van der Waals surface area (Å²) in [4.78, 5) is 11.8. The van der Waals surface area contributed by atoms with Crippen molar-refractivity contribution in [3.05, 3.63) is 35.9 Å². The standard InChI is InChI=1S/C14H21N3O3/c1-14(2,3)11(12(15)17-19)16-13(18)20-9-10-7-5-4-6-8-10/h4-8,11,19H,9H2,1-3H3,(H2,15,17)(H,16,18)/t11-/m1/s1. The zero-order chi connectivity index (χ0) is 15.2. The SMILES string of the molecule is CC(C)(C)[C@H](NC(=O)OCc1ccccc1)/C(N)=N/O. The average molecular weight is 279 g/mol. The number of nitrogens with one attached hydrogen (secondary N) is 1. The molecule has 0 aliphatic carbocycles. The molecule has 0 bridgehead atoms. The summed E-state index contributed by atoms with van der Waals surface area (Å²) in [6.45, 7) is 5.77. The molecule has 0 aliphatic rings. The molecule has 1 amide bonds. The highest BCUT2D eigenvalue weighted by Gasteiger charge is 2.30. The number of oxime groups is 1. The van der Waals surface area contributed by atoms with E-state index in [0.29, 0.717) is 0 Å². The van der Waals surface area contributed by atoms with Crippen LogP contribution in [0.25, 0.3) is 0 Å². The average Bonchev–Trinajstić information content (AvgIpc) is 2.41. The number of amides is 1. The van der Waals surface area contributed by atoms with Crippen molar-refractivity contribution in [2.24, 2.45) is 16.3 Å². The van der Waals surface area contributed by atoms with Crippen LogP contribution in [0.3, 0.4) is 0 Å². The highest BCUT2D eigenvalue weighted by Crippen LogP contribution is 2.19. The second kappa shape index (κ2) is 6.79. The van der Waals surface area contributed by atoms with E-state index in [1.165, 1.54) is 0 Å². The summed E-state index contributed by atoms with van der Waals surface area (Å²) in [5.74, 6) is -0.0610. The number of benzene rings is 1. The molecule has 0 aromatic heterocycles. The molecule has 0 fully saturated rings. The van der Waals surface area contributed by atoms with Gasteiger partial charge in [-0.2, -0.15) is 0 Å². The Kier molecular flexibility index (Phi) is 5.37. The molecule has 1 aromatic carbocycles. The molecule has 0 saturated carbocycles. The Morgan fingerprint density at radius 3 is 2.50 bits per heavy atom. The lowest BCUT2D eigenvalue weighted by molar-refractivity contribution is 0.131. The minimum atomic E-state index is -0.615. The number of carbonyl (C=O) groups excluding carboxylic acids is 1. The summed E-state index contributed by atoms with van der Waals surface area (Å²) in [7, 11) is 0. The maximum atomic E-state index is 11.8. The summed E-state index contributed by atoms with van der Waals surface area (Å²) in [6, 6.07) is 8.72. The molecule has 0 saturated heterocycles. The lowest BCUT2D eigenvalue weighted by Gasteiger charge is -2.29. The molecule has 0 radical (unpaired) electrons. The Bertz CT molecular complexity index is 466. The summed E-state index contributed by atoms with van der Waals surface area (Å²) < 4.78 is 5.11.